The highest BCUT2D eigenvalue weighted by Gasteiger charge is 2.32. The van der Waals surface area contributed by atoms with Gasteiger partial charge in [-0.3, -0.25) is 4.68 Å². The minimum atomic E-state index is -0.477. The first kappa shape index (κ1) is 10.7. The van der Waals surface area contributed by atoms with Gasteiger partial charge in [0, 0.05) is 19.7 Å². The maximum Gasteiger partial charge on any atom is 0.0689 e. The lowest BCUT2D eigenvalue weighted by Crippen LogP contribution is -2.35. The van der Waals surface area contributed by atoms with Gasteiger partial charge in [0.25, 0.3) is 0 Å². The molecule has 1 aliphatic rings. The van der Waals surface area contributed by atoms with Crippen molar-refractivity contribution >= 4 is 0 Å². The minimum Gasteiger partial charge on any atom is -0.390 e. The van der Waals surface area contributed by atoms with Crippen LogP contribution in [0.3, 0.4) is 0 Å². The average Bonchev–Trinajstić information content (AvgIpc) is 2.57. The molecule has 0 radical (unpaired) electrons. The highest BCUT2D eigenvalue weighted by molar-refractivity contribution is 5.08. The van der Waals surface area contributed by atoms with E-state index in [1.807, 2.05) is 19.4 Å². The Morgan fingerprint density at radius 3 is 2.73 bits per heavy atom. The molecule has 1 saturated carbocycles. The van der Waals surface area contributed by atoms with Gasteiger partial charge in [-0.2, -0.15) is 5.10 Å². The van der Waals surface area contributed by atoms with Gasteiger partial charge in [0.2, 0.25) is 0 Å². The molecule has 1 aliphatic carbocycles. The van der Waals surface area contributed by atoms with Crippen LogP contribution in [0.5, 0.6) is 0 Å². The van der Waals surface area contributed by atoms with Gasteiger partial charge in [0.15, 0.2) is 0 Å². The number of rotatable bonds is 2. The first-order valence-corrected chi connectivity index (χ1v) is 5.77. The second kappa shape index (κ2) is 3.97. The largest absolute Gasteiger partial charge is 0.390 e. The summed E-state index contributed by atoms with van der Waals surface area (Å²) in [5.41, 5.74) is 0.671. The Kier molecular flexibility index (Phi) is 2.83. The number of aryl methyl sites for hydroxylation is 1. The predicted octanol–water partition coefficient (Wildman–Crippen LogP) is 1.90. The molecular formula is C12H20N2O. The minimum absolute atomic E-state index is 0.477. The molecule has 3 nitrogen and oxygen atoms in total. The molecule has 0 aromatic carbocycles. The van der Waals surface area contributed by atoms with Gasteiger partial charge >= 0.3 is 0 Å². The number of nitrogens with zero attached hydrogens (tertiary/aromatic N) is 2. The first-order chi connectivity index (χ1) is 7.07. The van der Waals surface area contributed by atoms with Gasteiger partial charge in [-0.05, 0) is 37.2 Å². The molecule has 0 unspecified atom stereocenters. The second-order valence-electron chi connectivity index (χ2n) is 5.11. The van der Waals surface area contributed by atoms with Crippen LogP contribution >= 0.6 is 0 Å². The Bertz CT molecular complexity index is 324. The highest BCUT2D eigenvalue weighted by Crippen LogP contribution is 2.34. The van der Waals surface area contributed by atoms with Crippen molar-refractivity contribution in [3.05, 3.63) is 18.0 Å². The van der Waals surface area contributed by atoms with E-state index in [2.05, 4.69) is 12.0 Å². The fourth-order valence-corrected chi connectivity index (χ4v) is 2.42. The van der Waals surface area contributed by atoms with Crippen LogP contribution in [0, 0.1) is 5.92 Å². The van der Waals surface area contributed by atoms with Gasteiger partial charge < -0.3 is 5.11 Å². The van der Waals surface area contributed by atoms with Crippen LogP contribution in [0.4, 0.5) is 0 Å². The molecule has 1 aromatic rings. The van der Waals surface area contributed by atoms with Crippen molar-refractivity contribution in [1.29, 1.82) is 0 Å². The number of aromatic nitrogens is 2. The maximum absolute atomic E-state index is 10.4. The van der Waals surface area contributed by atoms with Gasteiger partial charge in [-0.1, -0.05) is 6.92 Å². The van der Waals surface area contributed by atoms with E-state index in [0.717, 1.165) is 43.6 Å². The van der Waals surface area contributed by atoms with Crippen LogP contribution in [-0.4, -0.2) is 20.5 Å². The Morgan fingerprint density at radius 1 is 1.53 bits per heavy atom. The third kappa shape index (κ3) is 2.59. The molecule has 0 amide bonds. The van der Waals surface area contributed by atoms with Crippen molar-refractivity contribution in [3.8, 4) is 0 Å². The molecule has 0 aliphatic heterocycles. The van der Waals surface area contributed by atoms with E-state index in [1.54, 1.807) is 4.68 Å². The Labute approximate surface area is 91.1 Å². The van der Waals surface area contributed by atoms with E-state index in [0.29, 0.717) is 0 Å². The molecule has 1 aromatic heterocycles. The van der Waals surface area contributed by atoms with Crippen molar-refractivity contribution in [3.63, 3.8) is 0 Å². The molecule has 1 fully saturated rings. The third-order valence-electron chi connectivity index (χ3n) is 3.50. The lowest BCUT2D eigenvalue weighted by molar-refractivity contribution is -0.00668. The van der Waals surface area contributed by atoms with Crippen LogP contribution in [-0.2, 0) is 13.5 Å². The van der Waals surface area contributed by atoms with E-state index in [1.165, 1.54) is 0 Å². The summed E-state index contributed by atoms with van der Waals surface area (Å²) in [5, 5.41) is 14.5. The van der Waals surface area contributed by atoms with Crippen LogP contribution in [0.25, 0.3) is 0 Å². The fraction of sp³-hybridized carbons (Fsp3) is 0.750. The zero-order valence-electron chi connectivity index (χ0n) is 9.61. The van der Waals surface area contributed by atoms with Gasteiger partial charge in [-0.15, -0.1) is 0 Å². The zero-order chi connectivity index (χ0) is 10.9. The molecule has 84 valence electrons. The standard InChI is InChI=1S/C12H20N2O/c1-10-3-5-12(15,6-4-10)7-11-8-13-14(2)9-11/h8-10,15H,3-7H2,1-2H3. The van der Waals surface area contributed by atoms with Crippen molar-refractivity contribution in [2.45, 2.75) is 44.6 Å². The van der Waals surface area contributed by atoms with Gasteiger partial charge in [0.05, 0.1) is 11.8 Å². The lowest BCUT2D eigenvalue weighted by Gasteiger charge is -2.34. The summed E-state index contributed by atoms with van der Waals surface area (Å²) >= 11 is 0. The van der Waals surface area contributed by atoms with Gasteiger partial charge in [0.1, 0.15) is 0 Å². The summed E-state index contributed by atoms with van der Waals surface area (Å²) in [6, 6.07) is 0. The van der Waals surface area contributed by atoms with Crippen molar-refractivity contribution in [1.82, 2.24) is 9.78 Å². The van der Waals surface area contributed by atoms with Crippen LogP contribution < -0.4 is 0 Å². The molecular weight excluding hydrogens is 188 g/mol. The monoisotopic (exact) mass is 208 g/mol. The van der Waals surface area contributed by atoms with E-state index in [4.69, 9.17) is 0 Å². The average molecular weight is 208 g/mol. The summed E-state index contributed by atoms with van der Waals surface area (Å²) in [6.45, 7) is 2.27. The Balaban J connectivity index is 1.99. The second-order valence-corrected chi connectivity index (χ2v) is 5.11. The molecule has 0 spiro atoms. The lowest BCUT2D eigenvalue weighted by atomic mass is 9.77. The zero-order valence-corrected chi connectivity index (χ0v) is 9.61. The predicted molar refractivity (Wildman–Crippen MR) is 59.5 cm³/mol. The summed E-state index contributed by atoms with van der Waals surface area (Å²) in [4.78, 5) is 0. The first-order valence-electron chi connectivity index (χ1n) is 5.77. The molecule has 0 saturated heterocycles. The molecule has 0 bridgehead atoms. The van der Waals surface area contributed by atoms with Crippen LogP contribution in [0.1, 0.15) is 38.2 Å². The van der Waals surface area contributed by atoms with Crippen molar-refractivity contribution in [2.24, 2.45) is 13.0 Å². The topological polar surface area (TPSA) is 38.1 Å². The summed E-state index contributed by atoms with van der Waals surface area (Å²) in [5.74, 6) is 0.777. The number of hydrogen-bond donors (Lipinski definition) is 1. The van der Waals surface area contributed by atoms with Crippen LogP contribution in [0.15, 0.2) is 12.4 Å². The Hall–Kier alpha value is -0.830. The van der Waals surface area contributed by atoms with Crippen molar-refractivity contribution < 1.29 is 5.11 Å². The SMILES string of the molecule is CC1CCC(O)(Cc2cnn(C)c2)CC1. The van der Waals surface area contributed by atoms with E-state index >= 15 is 0 Å². The Morgan fingerprint density at radius 2 is 2.20 bits per heavy atom. The molecule has 1 N–H and O–H groups in total. The van der Waals surface area contributed by atoms with Gasteiger partial charge in [-0.25, -0.2) is 0 Å². The smallest absolute Gasteiger partial charge is 0.0689 e. The van der Waals surface area contributed by atoms with E-state index < -0.39 is 5.60 Å². The fourth-order valence-electron chi connectivity index (χ4n) is 2.42. The maximum atomic E-state index is 10.4. The number of aliphatic hydroxyl groups is 1. The number of hydrogen-bond acceptors (Lipinski definition) is 2. The summed E-state index contributed by atoms with van der Waals surface area (Å²) in [6.07, 6.45) is 8.78. The molecule has 0 atom stereocenters. The molecule has 1 heterocycles. The summed E-state index contributed by atoms with van der Waals surface area (Å²) < 4.78 is 1.80. The third-order valence-corrected chi connectivity index (χ3v) is 3.50. The molecule has 15 heavy (non-hydrogen) atoms. The van der Waals surface area contributed by atoms with E-state index in [-0.39, 0.29) is 0 Å². The van der Waals surface area contributed by atoms with Crippen LogP contribution in [0.2, 0.25) is 0 Å². The molecule has 2 rings (SSSR count). The quantitative estimate of drug-likeness (QED) is 0.806. The summed E-state index contributed by atoms with van der Waals surface area (Å²) in [7, 11) is 1.91. The normalized spacial score (nSPS) is 31.8. The van der Waals surface area contributed by atoms with Crippen molar-refractivity contribution in [2.75, 3.05) is 0 Å². The highest BCUT2D eigenvalue weighted by atomic mass is 16.3. The van der Waals surface area contributed by atoms with E-state index in [9.17, 15) is 5.11 Å². The molecule has 3 heteroatoms.